The van der Waals surface area contributed by atoms with Crippen LogP contribution in [0.25, 0.3) is 0 Å². The van der Waals surface area contributed by atoms with Crippen molar-refractivity contribution in [1.82, 2.24) is 10.6 Å². The minimum absolute atomic E-state index is 0.0908. The van der Waals surface area contributed by atoms with Crippen LogP contribution in [0, 0.1) is 0 Å². The molecule has 0 spiro atoms. The van der Waals surface area contributed by atoms with E-state index in [1.54, 1.807) is 13.0 Å². The van der Waals surface area contributed by atoms with Crippen molar-refractivity contribution >= 4 is 17.8 Å². The average Bonchev–Trinajstić information content (AvgIpc) is 2.86. The number of furan rings is 1. The molecule has 0 aromatic carbocycles. The van der Waals surface area contributed by atoms with Crippen molar-refractivity contribution in [3.05, 3.63) is 24.2 Å². The number of rotatable bonds is 6. The van der Waals surface area contributed by atoms with Crippen LogP contribution in [-0.2, 0) is 9.59 Å². The third kappa shape index (κ3) is 3.93. The molecule has 7 nitrogen and oxygen atoms in total. The van der Waals surface area contributed by atoms with E-state index in [0.29, 0.717) is 0 Å². The zero-order valence-corrected chi connectivity index (χ0v) is 9.80. The van der Waals surface area contributed by atoms with Gasteiger partial charge in [0.15, 0.2) is 5.76 Å². The second kappa shape index (κ2) is 6.43. The third-order valence-electron chi connectivity index (χ3n) is 2.20. The summed E-state index contributed by atoms with van der Waals surface area (Å²) in [5.74, 6) is -2.11. The lowest BCUT2D eigenvalue weighted by atomic mass is 10.2. The van der Waals surface area contributed by atoms with E-state index in [9.17, 15) is 14.4 Å². The quantitative estimate of drug-likeness (QED) is 0.661. The molecule has 0 saturated carbocycles. The van der Waals surface area contributed by atoms with Crippen molar-refractivity contribution in [2.24, 2.45) is 0 Å². The molecule has 2 amide bonds. The van der Waals surface area contributed by atoms with E-state index in [4.69, 9.17) is 9.52 Å². The summed E-state index contributed by atoms with van der Waals surface area (Å²) in [7, 11) is 0. The van der Waals surface area contributed by atoms with E-state index in [-0.39, 0.29) is 18.7 Å². The number of carboxylic acids is 1. The maximum absolute atomic E-state index is 11.4. The number of hydrogen-bond donors (Lipinski definition) is 3. The Hall–Kier alpha value is -2.31. The van der Waals surface area contributed by atoms with Crippen LogP contribution in [0.3, 0.4) is 0 Å². The van der Waals surface area contributed by atoms with E-state index >= 15 is 0 Å². The van der Waals surface area contributed by atoms with Crippen LogP contribution in [0.4, 0.5) is 0 Å². The normalized spacial score (nSPS) is 11.6. The third-order valence-corrected chi connectivity index (χ3v) is 2.20. The van der Waals surface area contributed by atoms with Gasteiger partial charge in [-0.25, -0.2) is 4.79 Å². The van der Waals surface area contributed by atoms with Crippen molar-refractivity contribution < 1.29 is 23.9 Å². The molecule has 1 rings (SSSR count). The van der Waals surface area contributed by atoms with Gasteiger partial charge in [-0.05, 0) is 18.6 Å². The summed E-state index contributed by atoms with van der Waals surface area (Å²) in [4.78, 5) is 33.4. The SMILES string of the molecule is CCC(NC(=O)CNC(=O)c1ccco1)C(=O)O. The van der Waals surface area contributed by atoms with Crippen molar-refractivity contribution in [2.45, 2.75) is 19.4 Å². The van der Waals surface area contributed by atoms with Crippen LogP contribution < -0.4 is 10.6 Å². The van der Waals surface area contributed by atoms with Crippen molar-refractivity contribution in [3.63, 3.8) is 0 Å². The summed E-state index contributed by atoms with van der Waals surface area (Å²) in [6.07, 6.45) is 1.61. The summed E-state index contributed by atoms with van der Waals surface area (Å²) < 4.78 is 4.83. The van der Waals surface area contributed by atoms with E-state index in [1.807, 2.05) is 0 Å². The number of amides is 2. The molecular weight excluding hydrogens is 240 g/mol. The maximum Gasteiger partial charge on any atom is 0.326 e. The molecular formula is C11H14N2O5. The number of carbonyl (C=O) groups excluding carboxylic acids is 2. The highest BCUT2D eigenvalue weighted by Crippen LogP contribution is 1.98. The molecule has 0 saturated heterocycles. The van der Waals surface area contributed by atoms with Gasteiger partial charge in [0, 0.05) is 0 Å². The van der Waals surface area contributed by atoms with Crippen LogP contribution in [0.1, 0.15) is 23.9 Å². The summed E-state index contributed by atoms with van der Waals surface area (Å²) in [5, 5.41) is 13.3. The molecule has 0 radical (unpaired) electrons. The second-order valence-electron chi connectivity index (χ2n) is 3.53. The van der Waals surface area contributed by atoms with E-state index in [2.05, 4.69) is 10.6 Å². The van der Waals surface area contributed by atoms with Crippen LogP contribution in [0.15, 0.2) is 22.8 Å². The Kier molecular flexibility index (Phi) is 4.91. The van der Waals surface area contributed by atoms with E-state index < -0.39 is 23.8 Å². The smallest absolute Gasteiger partial charge is 0.326 e. The molecule has 1 atom stereocenters. The van der Waals surface area contributed by atoms with E-state index in [0.717, 1.165) is 0 Å². The number of aliphatic carboxylic acids is 1. The fourth-order valence-corrected chi connectivity index (χ4v) is 1.24. The van der Waals surface area contributed by atoms with Crippen LogP contribution in [0.2, 0.25) is 0 Å². The second-order valence-corrected chi connectivity index (χ2v) is 3.53. The Balaban J connectivity index is 2.37. The first-order chi connectivity index (χ1) is 8.54. The predicted octanol–water partition coefficient (Wildman–Crippen LogP) is -0.0112. The Morgan fingerprint density at radius 1 is 1.44 bits per heavy atom. The molecule has 98 valence electrons. The summed E-state index contributed by atoms with van der Waals surface area (Å²) in [6, 6.07) is 2.06. The number of carbonyl (C=O) groups is 3. The average molecular weight is 254 g/mol. The fraction of sp³-hybridized carbons (Fsp3) is 0.364. The fourth-order valence-electron chi connectivity index (χ4n) is 1.24. The lowest BCUT2D eigenvalue weighted by Crippen LogP contribution is -2.45. The molecule has 0 aliphatic heterocycles. The molecule has 1 unspecified atom stereocenters. The predicted molar refractivity (Wildman–Crippen MR) is 60.9 cm³/mol. The van der Waals surface area contributed by atoms with Gasteiger partial charge in [-0.1, -0.05) is 6.92 Å². The highest BCUT2D eigenvalue weighted by Gasteiger charge is 2.18. The van der Waals surface area contributed by atoms with Gasteiger partial charge >= 0.3 is 5.97 Å². The van der Waals surface area contributed by atoms with Gasteiger partial charge in [0.05, 0.1) is 12.8 Å². The van der Waals surface area contributed by atoms with Crippen LogP contribution in [0.5, 0.6) is 0 Å². The number of hydrogen-bond acceptors (Lipinski definition) is 4. The largest absolute Gasteiger partial charge is 0.480 e. The molecule has 0 aliphatic carbocycles. The Labute approximate surface area is 103 Å². The van der Waals surface area contributed by atoms with Crippen molar-refractivity contribution in [3.8, 4) is 0 Å². The summed E-state index contributed by atoms with van der Waals surface area (Å²) in [6.45, 7) is 1.34. The Morgan fingerprint density at radius 2 is 2.17 bits per heavy atom. The van der Waals surface area contributed by atoms with Gasteiger partial charge in [-0.3, -0.25) is 9.59 Å². The van der Waals surface area contributed by atoms with Crippen LogP contribution >= 0.6 is 0 Å². The molecule has 0 aliphatic rings. The Bertz CT molecular complexity index is 427. The Morgan fingerprint density at radius 3 is 2.67 bits per heavy atom. The minimum atomic E-state index is -1.11. The lowest BCUT2D eigenvalue weighted by molar-refractivity contribution is -0.141. The van der Waals surface area contributed by atoms with Gasteiger partial charge in [-0.2, -0.15) is 0 Å². The zero-order valence-electron chi connectivity index (χ0n) is 9.80. The van der Waals surface area contributed by atoms with Gasteiger partial charge < -0.3 is 20.2 Å². The van der Waals surface area contributed by atoms with Crippen LogP contribution in [-0.4, -0.2) is 35.5 Å². The van der Waals surface area contributed by atoms with E-state index in [1.165, 1.54) is 12.3 Å². The molecule has 18 heavy (non-hydrogen) atoms. The summed E-state index contributed by atoms with van der Waals surface area (Å²) >= 11 is 0. The first-order valence-electron chi connectivity index (χ1n) is 5.38. The molecule has 1 aromatic rings. The maximum atomic E-state index is 11.4. The molecule has 3 N–H and O–H groups in total. The molecule has 7 heteroatoms. The number of carboxylic acid groups (broad SMARTS) is 1. The van der Waals surface area contributed by atoms with Gasteiger partial charge in [0.2, 0.25) is 5.91 Å². The lowest BCUT2D eigenvalue weighted by Gasteiger charge is -2.12. The first-order valence-corrected chi connectivity index (χ1v) is 5.38. The molecule has 1 aromatic heterocycles. The molecule has 0 bridgehead atoms. The van der Waals surface area contributed by atoms with Crippen molar-refractivity contribution in [1.29, 1.82) is 0 Å². The van der Waals surface area contributed by atoms with Gasteiger partial charge in [0.25, 0.3) is 5.91 Å². The summed E-state index contributed by atoms with van der Waals surface area (Å²) in [5.41, 5.74) is 0. The zero-order chi connectivity index (χ0) is 13.5. The molecule has 0 fully saturated rings. The first kappa shape index (κ1) is 13.8. The standard InChI is InChI=1S/C11H14N2O5/c1-2-7(11(16)17)13-9(14)6-12-10(15)8-4-3-5-18-8/h3-5,7H,2,6H2,1H3,(H,12,15)(H,13,14)(H,16,17). The minimum Gasteiger partial charge on any atom is -0.480 e. The number of nitrogens with one attached hydrogen (secondary N) is 2. The molecule has 1 heterocycles. The highest BCUT2D eigenvalue weighted by molar-refractivity contribution is 5.94. The topological polar surface area (TPSA) is 109 Å². The van der Waals surface area contributed by atoms with Crippen molar-refractivity contribution in [2.75, 3.05) is 6.54 Å². The monoisotopic (exact) mass is 254 g/mol. The van der Waals surface area contributed by atoms with Gasteiger partial charge in [0.1, 0.15) is 6.04 Å². The highest BCUT2D eigenvalue weighted by atomic mass is 16.4. The van der Waals surface area contributed by atoms with Gasteiger partial charge in [-0.15, -0.1) is 0 Å².